The van der Waals surface area contributed by atoms with Gasteiger partial charge in [-0.25, -0.2) is 9.97 Å². The van der Waals surface area contributed by atoms with Crippen molar-refractivity contribution in [1.29, 1.82) is 0 Å². The average Bonchev–Trinajstić information content (AvgIpc) is 3.54. The minimum absolute atomic E-state index is 0.128. The summed E-state index contributed by atoms with van der Waals surface area (Å²) in [5, 5.41) is 16.4. The number of aliphatic hydroxyl groups is 1. The van der Waals surface area contributed by atoms with E-state index in [1.165, 1.54) is 28.8 Å². The Morgan fingerprint density at radius 3 is 2.06 bits per heavy atom. The monoisotopic (exact) mass is 712 g/mol. The number of benzene rings is 4. The molecule has 0 saturated carbocycles. The molecule has 6 rings (SSSR count). The molecule has 0 spiro atoms. The van der Waals surface area contributed by atoms with E-state index in [9.17, 15) is 5.11 Å². The van der Waals surface area contributed by atoms with Crippen LogP contribution in [-0.4, -0.2) is 53.8 Å². The molecule has 2 N–H and O–H groups in total. The van der Waals surface area contributed by atoms with Gasteiger partial charge in [-0.2, -0.15) is 0 Å². The Morgan fingerprint density at radius 1 is 0.769 bits per heavy atom. The molecule has 0 amide bonds. The number of aryl methyl sites for hydroxylation is 1. The van der Waals surface area contributed by atoms with Crippen LogP contribution in [0.5, 0.6) is 11.5 Å². The van der Waals surface area contributed by atoms with Crippen molar-refractivity contribution in [2.75, 3.05) is 19.7 Å². The highest BCUT2D eigenvalue weighted by molar-refractivity contribution is 7.00. The smallest absolute Gasteiger partial charge is 0.319 e. The molecule has 4 aromatic carbocycles. The molecule has 0 radical (unpaired) electrons. The zero-order valence-corrected chi connectivity index (χ0v) is 32.0. The van der Waals surface area contributed by atoms with Crippen LogP contribution in [0.15, 0.2) is 128 Å². The van der Waals surface area contributed by atoms with Gasteiger partial charge < -0.3 is 19.6 Å². The third-order valence-electron chi connectivity index (χ3n) is 9.61. The SMILES string of the molecule is CCCCCc1nc2cccnc2n1-c1ccc(CCNC[C@H](O)COc2ccc(O[Si](c3ccccc3)(c3ccccc3)C(C)(C)C)cc2)cc1. The number of pyridine rings is 1. The van der Waals surface area contributed by atoms with Crippen molar-refractivity contribution in [3.8, 4) is 17.2 Å². The highest BCUT2D eigenvalue weighted by Gasteiger charge is 2.52. The standard InChI is InChI=1S/C44H52N4O3Si/c1-5-6-9-20-42-47-41-19-14-30-46-43(41)48(42)35-23-21-34(22-24-35)29-31-45-32-36(49)33-50-37-25-27-38(28-26-37)51-52(44(2,3)4,39-15-10-7-11-16-39)40-17-12-8-13-18-40/h7-8,10-19,21-28,30,36,45,49H,5-6,9,20,29,31-33H2,1-4H3/t36-/m0/s1. The fourth-order valence-corrected chi connectivity index (χ4v) is 11.3. The molecule has 8 heteroatoms. The van der Waals surface area contributed by atoms with E-state index in [1.807, 2.05) is 42.6 Å². The number of hydrogen-bond donors (Lipinski definition) is 2. The number of aromatic nitrogens is 3. The first-order chi connectivity index (χ1) is 25.3. The van der Waals surface area contributed by atoms with Crippen LogP contribution in [0.4, 0.5) is 0 Å². The number of imidazole rings is 1. The van der Waals surface area contributed by atoms with Crippen molar-refractivity contribution in [2.24, 2.45) is 0 Å². The molecule has 270 valence electrons. The van der Waals surface area contributed by atoms with Gasteiger partial charge in [-0.3, -0.25) is 4.57 Å². The Hall–Kier alpha value is -4.76. The summed E-state index contributed by atoms with van der Waals surface area (Å²) in [7, 11) is -2.72. The Balaban J connectivity index is 1.00. The summed E-state index contributed by atoms with van der Waals surface area (Å²) in [6.07, 6.45) is 6.47. The van der Waals surface area contributed by atoms with Gasteiger partial charge in [0, 0.05) is 24.8 Å². The number of nitrogens with zero attached hydrogens (tertiary/aromatic N) is 3. The Morgan fingerprint density at radius 2 is 1.42 bits per heavy atom. The van der Waals surface area contributed by atoms with Crippen molar-refractivity contribution in [3.63, 3.8) is 0 Å². The van der Waals surface area contributed by atoms with Gasteiger partial charge in [0.2, 0.25) is 0 Å². The van der Waals surface area contributed by atoms with E-state index in [0.29, 0.717) is 12.3 Å². The van der Waals surface area contributed by atoms with Crippen molar-refractivity contribution in [1.82, 2.24) is 19.9 Å². The molecule has 0 bridgehead atoms. The molecule has 0 unspecified atom stereocenters. The van der Waals surface area contributed by atoms with Crippen LogP contribution in [0.3, 0.4) is 0 Å². The van der Waals surface area contributed by atoms with E-state index in [4.69, 9.17) is 14.1 Å². The van der Waals surface area contributed by atoms with Crippen LogP contribution in [0.25, 0.3) is 16.9 Å². The normalized spacial score (nSPS) is 12.6. The van der Waals surface area contributed by atoms with Crippen LogP contribution < -0.4 is 24.9 Å². The zero-order chi connectivity index (χ0) is 36.4. The highest BCUT2D eigenvalue weighted by atomic mass is 28.4. The lowest BCUT2D eigenvalue weighted by molar-refractivity contribution is 0.106. The van der Waals surface area contributed by atoms with Gasteiger partial charge in [0.05, 0.1) is 0 Å². The number of unbranched alkanes of at least 4 members (excludes halogenated alkanes) is 2. The average molecular weight is 713 g/mol. The van der Waals surface area contributed by atoms with Gasteiger partial charge in [0.25, 0.3) is 0 Å². The lowest BCUT2D eigenvalue weighted by Gasteiger charge is -2.43. The van der Waals surface area contributed by atoms with Crippen molar-refractivity contribution < 1.29 is 14.3 Å². The number of aliphatic hydroxyl groups excluding tert-OH is 1. The van der Waals surface area contributed by atoms with E-state index in [1.54, 1.807) is 0 Å². The van der Waals surface area contributed by atoms with E-state index in [-0.39, 0.29) is 11.6 Å². The molecule has 0 aliphatic rings. The lowest BCUT2D eigenvalue weighted by atomic mass is 10.1. The predicted octanol–water partition coefficient (Wildman–Crippen LogP) is 7.66. The second-order valence-corrected chi connectivity index (χ2v) is 18.7. The fraction of sp³-hybridized carbons (Fsp3) is 0.318. The summed E-state index contributed by atoms with van der Waals surface area (Å²) >= 11 is 0. The molecule has 2 heterocycles. The van der Waals surface area contributed by atoms with Gasteiger partial charge in [-0.05, 0) is 88.9 Å². The molecular weight excluding hydrogens is 661 g/mol. The molecule has 0 fully saturated rings. The van der Waals surface area contributed by atoms with Gasteiger partial charge >= 0.3 is 8.32 Å². The fourth-order valence-electron chi connectivity index (χ4n) is 6.93. The third-order valence-corrected chi connectivity index (χ3v) is 14.6. The minimum Gasteiger partial charge on any atom is -0.534 e. The third kappa shape index (κ3) is 8.64. The molecule has 0 aliphatic carbocycles. The Kier molecular flexibility index (Phi) is 12.2. The summed E-state index contributed by atoms with van der Waals surface area (Å²) in [6, 6.07) is 41.7. The summed E-state index contributed by atoms with van der Waals surface area (Å²) in [5.74, 6) is 2.56. The molecular formula is C44H52N4O3Si. The highest BCUT2D eigenvalue weighted by Crippen LogP contribution is 2.38. The van der Waals surface area contributed by atoms with Crippen molar-refractivity contribution in [2.45, 2.75) is 70.9 Å². The first-order valence-electron chi connectivity index (χ1n) is 18.6. The maximum absolute atomic E-state index is 10.7. The largest absolute Gasteiger partial charge is 0.534 e. The van der Waals surface area contributed by atoms with E-state index in [2.05, 4.69) is 127 Å². The maximum Gasteiger partial charge on any atom is 0.319 e. The van der Waals surface area contributed by atoms with E-state index in [0.717, 1.165) is 54.2 Å². The summed E-state index contributed by atoms with van der Waals surface area (Å²) in [4.78, 5) is 9.53. The quantitative estimate of drug-likeness (QED) is 0.0747. The lowest BCUT2D eigenvalue weighted by Crippen LogP contribution is -2.68. The first-order valence-corrected chi connectivity index (χ1v) is 20.5. The van der Waals surface area contributed by atoms with E-state index >= 15 is 0 Å². The van der Waals surface area contributed by atoms with Crippen molar-refractivity contribution >= 4 is 29.9 Å². The maximum atomic E-state index is 10.7. The van der Waals surface area contributed by atoms with Gasteiger partial charge in [0.1, 0.15) is 35.6 Å². The van der Waals surface area contributed by atoms with Gasteiger partial charge in [-0.15, -0.1) is 0 Å². The van der Waals surface area contributed by atoms with Crippen LogP contribution in [-0.2, 0) is 12.8 Å². The molecule has 0 aliphatic heterocycles. The molecule has 2 aromatic heterocycles. The minimum atomic E-state index is -2.72. The summed E-state index contributed by atoms with van der Waals surface area (Å²) in [6.45, 7) is 10.4. The van der Waals surface area contributed by atoms with Crippen LogP contribution in [0, 0.1) is 0 Å². The van der Waals surface area contributed by atoms with Gasteiger partial charge in [0.15, 0.2) is 5.65 Å². The zero-order valence-electron chi connectivity index (χ0n) is 31.0. The number of ether oxygens (including phenoxy) is 1. The summed E-state index contributed by atoms with van der Waals surface area (Å²) in [5.41, 5.74) is 4.15. The van der Waals surface area contributed by atoms with Crippen LogP contribution in [0.2, 0.25) is 5.04 Å². The van der Waals surface area contributed by atoms with Crippen molar-refractivity contribution in [3.05, 3.63) is 139 Å². The van der Waals surface area contributed by atoms with Crippen LogP contribution in [0.1, 0.15) is 58.3 Å². The topological polar surface area (TPSA) is 81.4 Å². The number of rotatable bonds is 17. The summed E-state index contributed by atoms with van der Waals surface area (Å²) < 4.78 is 15.3. The molecule has 6 aromatic rings. The number of fused-ring (bicyclic) bond motifs is 1. The number of nitrogens with one attached hydrogen (secondary N) is 1. The predicted molar refractivity (Wildman–Crippen MR) is 215 cm³/mol. The Labute approximate surface area is 309 Å². The Bertz CT molecular complexity index is 1940. The van der Waals surface area contributed by atoms with Gasteiger partial charge in [-0.1, -0.05) is 113 Å². The second kappa shape index (κ2) is 17.2. The van der Waals surface area contributed by atoms with E-state index < -0.39 is 14.4 Å². The molecule has 7 nitrogen and oxygen atoms in total. The second-order valence-electron chi connectivity index (χ2n) is 14.5. The molecule has 1 atom stereocenters. The van der Waals surface area contributed by atoms with Crippen LogP contribution >= 0.6 is 0 Å². The first kappa shape index (κ1) is 37.0. The molecule has 0 saturated heterocycles. The number of hydrogen-bond acceptors (Lipinski definition) is 6. The molecule has 52 heavy (non-hydrogen) atoms.